The fourth-order valence-electron chi connectivity index (χ4n) is 12.4. The van der Waals surface area contributed by atoms with Crippen LogP contribution in [0.25, 0.3) is 0 Å². The molecule has 0 bridgehead atoms. The number of aromatic nitrogens is 10. The standard InChI is InChI=1S/C19H24FN7O2.C19H22FN7O.C15H20ClN5O2.C13H17ClN6O.C10H12ClN5/c1-26(2)19(29)24-14-4-3-9-27(11-14)15-10-22-16(17(21)28)18(25-15)23-13-7-5-12(20)6-8-13;1-26(2)19(28)24-15-4-3-9-27(12-15)17-11-22-16(10-21)18(25-17)23-14-7-5-13(20)6-8-14;1-15(2,3)23-14(22)19-10-5-4-6-21(9-10)12-8-18-11(7-17)13(16)20-12;1-19(2)13(21)17-9-4-3-5-20(8-9)11-7-16-10(6-15)12(14)18-11;11-10-8(4-12)14-5-9(15-10)16-3-1-2-7(13)6-16/h5-8,10,14H,3-4,9,11H2,1-2H3,(H2,21,28)(H,23,25)(H,24,29);5-8,11,15H,3-4,9,12H2,1-2H3,(H,23,25)(H,24,28);8,10H,4-6,9H2,1-3H3,(H,19,22);7,9H,3-5,8H2,1-2H3,(H,17,21);5,7H,1-3,6,13H2/t14-;15-;10-;9-;7-/m11111/s1. The molecule has 10 heterocycles. The molecule has 36 nitrogen and oxygen atoms in total. The van der Waals surface area contributed by atoms with Crippen molar-refractivity contribution in [3.05, 3.63) is 135 Å². The fraction of sp³-hybridized carbons (Fsp3) is 0.461. The van der Waals surface area contributed by atoms with Gasteiger partial charge in [-0.25, -0.2) is 77.8 Å². The van der Waals surface area contributed by atoms with E-state index in [0.29, 0.717) is 72.5 Å². The van der Waals surface area contributed by atoms with Crippen LogP contribution in [0.4, 0.5) is 80.1 Å². The minimum absolute atomic E-state index is 0.00690. The van der Waals surface area contributed by atoms with Crippen molar-refractivity contribution in [3.8, 4) is 24.3 Å². The Bertz CT molecular complexity index is 4740. The van der Waals surface area contributed by atoms with E-state index in [4.69, 9.17) is 66.8 Å². The number of rotatable bonds is 14. The van der Waals surface area contributed by atoms with Gasteiger partial charge in [0.05, 0.1) is 31.0 Å². The molecule has 5 aromatic heterocycles. The number of urea groups is 3. The highest BCUT2D eigenvalue weighted by Crippen LogP contribution is 2.29. The molecule has 5 aliphatic rings. The lowest BCUT2D eigenvalue weighted by Gasteiger charge is -2.34. The summed E-state index contributed by atoms with van der Waals surface area (Å²) in [6.45, 7) is 12.7. The lowest BCUT2D eigenvalue weighted by atomic mass is 10.1. The third kappa shape index (κ3) is 28.0. The van der Waals surface area contributed by atoms with Crippen LogP contribution < -0.4 is 67.9 Å². The summed E-state index contributed by atoms with van der Waals surface area (Å²) in [5.74, 6) is 2.17. The number of nitrogens with one attached hydrogen (secondary N) is 6. The Morgan fingerprint density at radius 3 is 1.07 bits per heavy atom. The molecule has 0 aliphatic carbocycles. The molecule has 0 radical (unpaired) electrons. The molecule has 5 atom stereocenters. The van der Waals surface area contributed by atoms with Gasteiger partial charge in [-0.1, -0.05) is 34.8 Å². The zero-order valence-corrected chi connectivity index (χ0v) is 68.6. The quantitative estimate of drug-likeness (QED) is 0.0504. The lowest BCUT2D eigenvalue weighted by Crippen LogP contribution is -2.50. The molecule has 12 rings (SSSR count). The fourth-order valence-corrected chi connectivity index (χ4v) is 12.9. The van der Waals surface area contributed by atoms with Crippen molar-refractivity contribution in [2.24, 2.45) is 11.5 Å². The first-order chi connectivity index (χ1) is 55.8. The maximum absolute atomic E-state index is 13.1. The van der Waals surface area contributed by atoms with Gasteiger partial charge in [0.2, 0.25) is 0 Å². The molecule has 0 unspecified atom stereocenters. The van der Waals surface area contributed by atoms with E-state index >= 15 is 0 Å². The zero-order valence-electron chi connectivity index (χ0n) is 66.4. The predicted octanol–water partition coefficient (Wildman–Crippen LogP) is 8.84. The number of halogens is 5. The van der Waals surface area contributed by atoms with Gasteiger partial charge in [-0.05, 0) is 134 Å². The smallest absolute Gasteiger partial charge is 0.407 e. The van der Waals surface area contributed by atoms with E-state index in [1.54, 1.807) is 73.0 Å². The van der Waals surface area contributed by atoms with Crippen molar-refractivity contribution >= 4 is 117 Å². The van der Waals surface area contributed by atoms with Crippen LogP contribution in [0.15, 0.2) is 79.5 Å². The van der Waals surface area contributed by atoms with Crippen molar-refractivity contribution in [1.82, 2.24) is 85.8 Å². The first kappa shape index (κ1) is 90.2. The van der Waals surface area contributed by atoms with E-state index in [0.717, 1.165) is 103 Å². The molecule has 5 saturated heterocycles. The SMILES string of the molecule is CC(C)(C)OC(=O)N[C@@H]1CCCN(c2cnc(C#N)c(Cl)n2)C1.CN(C)C(=O)N[C@@H]1CCCN(c2cnc(C#N)c(Cl)n2)C1.CN(C)C(=O)N[C@@H]1CCCN(c2cnc(C#N)c(Nc3ccc(F)cc3)n2)C1.CN(C)C(=O)N[C@@H]1CCCN(c2cnc(C(N)=O)c(Nc3ccc(F)cc3)n2)C1.N#Cc1ncc(N2CCC[C@@H](N)C2)nc1Cl. The normalized spacial score (nSPS) is 17.5. The van der Waals surface area contributed by atoms with Crippen LogP contribution in [-0.2, 0) is 4.74 Å². The van der Waals surface area contributed by atoms with Crippen molar-refractivity contribution in [2.45, 2.75) is 121 Å². The van der Waals surface area contributed by atoms with Crippen molar-refractivity contribution < 1.29 is 37.5 Å². The highest BCUT2D eigenvalue weighted by molar-refractivity contribution is 6.31. The molecule has 41 heteroatoms. The Kier molecular flexibility index (Phi) is 33.4. The number of primary amides is 1. The van der Waals surface area contributed by atoms with E-state index in [2.05, 4.69) is 81.7 Å². The minimum atomic E-state index is -0.719. The van der Waals surface area contributed by atoms with Gasteiger partial charge in [0.25, 0.3) is 5.91 Å². The van der Waals surface area contributed by atoms with Crippen molar-refractivity contribution in [3.63, 3.8) is 0 Å². The maximum atomic E-state index is 13.1. The number of carbonyl (C=O) groups excluding carboxylic acids is 5. The second kappa shape index (κ2) is 43.4. The molecule has 5 fully saturated rings. The van der Waals surface area contributed by atoms with E-state index in [1.807, 2.05) is 69.5 Å². The summed E-state index contributed by atoms with van der Waals surface area (Å²) in [6.07, 6.45) is 16.5. The number of piperidine rings is 5. The largest absolute Gasteiger partial charge is 0.444 e. The Morgan fingerprint density at radius 2 is 0.752 bits per heavy atom. The molecule has 0 saturated carbocycles. The van der Waals surface area contributed by atoms with Crippen LogP contribution in [0.2, 0.25) is 15.5 Å². The minimum Gasteiger partial charge on any atom is -0.444 e. The van der Waals surface area contributed by atoms with Crippen LogP contribution >= 0.6 is 34.8 Å². The summed E-state index contributed by atoms with van der Waals surface area (Å²) in [4.78, 5) is 116. The van der Waals surface area contributed by atoms with Gasteiger partial charge in [0, 0.05) is 149 Å². The number of alkyl carbamates (subject to hydrolysis) is 1. The number of amides is 8. The zero-order chi connectivity index (χ0) is 85.0. The lowest BCUT2D eigenvalue weighted by molar-refractivity contribution is 0.0499. The van der Waals surface area contributed by atoms with E-state index in [9.17, 15) is 38.0 Å². The number of nitrogens with two attached hydrogens (primary N) is 2. The van der Waals surface area contributed by atoms with Gasteiger partial charge < -0.3 is 87.3 Å². The molecule has 5 aliphatic heterocycles. The van der Waals surface area contributed by atoms with Crippen LogP contribution in [0, 0.1) is 57.0 Å². The maximum Gasteiger partial charge on any atom is 0.407 e. The third-order valence-corrected chi connectivity index (χ3v) is 19.0. The number of nitriles is 4. The van der Waals surface area contributed by atoms with Crippen LogP contribution in [-0.4, -0.2) is 238 Å². The van der Waals surface area contributed by atoms with Crippen molar-refractivity contribution in [1.29, 1.82) is 21.0 Å². The summed E-state index contributed by atoms with van der Waals surface area (Å²) in [7, 11) is 10.2. The van der Waals surface area contributed by atoms with Crippen LogP contribution in [0.5, 0.6) is 0 Å². The number of ether oxygens (including phenoxy) is 1. The molecular weight excluding hydrogens is 1570 g/mol. The van der Waals surface area contributed by atoms with Crippen LogP contribution in [0.3, 0.4) is 0 Å². The van der Waals surface area contributed by atoms with Gasteiger partial charge in [-0.2, -0.15) is 21.0 Å². The van der Waals surface area contributed by atoms with E-state index in [1.165, 1.54) is 63.5 Å². The van der Waals surface area contributed by atoms with E-state index in [-0.39, 0.29) is 110 Å². The molecule has 8 amide bonds. The molecule has 620 valence electrons. The Hall–Kier alpha value is -12.4. The summed E-state index contributed by atoms with van der Waals surface area (Å²) >= 11 is 17.7. The average Bonchev–Trinajstić information content (AvgIpc) is 0.825. The molecule has 117 heavy (non-hydrogen) atoms. The average molecular weight is 1670 g/mol. The van der Waals surface area contributed by atoms with Gasteiger partial charge >= 0.3 is 24.2 Å². The second-order valence-electron chi connectivity index (χ2n) is 29.2. The first-order valence-corrected chi connectivity index (χ1v) is 38.6. The number of nitrogens with zero attached hydrogens (tertiary/aromatic N) is 22. The predicted molar refractivity (Wildman–Crippen MR) is 438 cm³/mol. The number of hydrogen-bond acceptors (Lipinski definition) is 28. The second-order valence-corrected chi connectivity index (χ2v) is 30.3. The number of anilines is 9. The number of hydrogen-bond donors (Lipinski definition) is 8. The topological polar surface area (TPSA) is 469 Å². The summed E-state index contributed by atoms with van der Waals surface area (Å²) in [5.41, 5.74) is 12.5. The van der Waals surface area contributed by atoms with Gasteiger partial charge in [-0.15, -0.1) is 0 Å². The molecule has 2 aromatic carbocycles. The van der Waals surface area contributed by atoms with Crippen molar-refractivity contribution in [2.75, 3.05) is 143 Å². The highest BCUT2D eigenvalue weighted by Gasteiger charge is 2.30. The molecule has 0 spiro atoms. The number of benzene rings is 2. The highest BCUT2D eigenvalue weighted by atomic mass is 35.5. The third-order valence-electron chi connectivity index (χ3n) is 18.2. The summed E-state index contributed by atoms with van der Waals surface area (Å²) < 4.78 is 31.5. The van der Waals surface area contributed by atoms with Crippen LogP contribution in [0.1, 0.15) is 118 Å². The summed E-state index contributed by atoms with van der Waals surface area (Å²) in [6, 6.07) is 18.9. The van der Waals surface area contributed by atoms with Gasteiger partial charge in [0.1, 0.15) is 70.6 Å². The monoisotopic (exact) mass is 1670 g/mol. The van der Waals surface area contributed by atoms with Gasteiger partial charge in [-0.3, -0.25) is 4.79 Å². The Labute approximate surface area is 692 Å². The Balaban J connectivity index is 0.000000185. The molecule has 7 aromatic rings. The van der Waals surface area contributed by atoms with E-state index < -0.39 is 17.6 Å². The molecular formula is C76H95Cl3F2N30O6. The Morgan fingerprint density at radius 1 is 0.453 bits per heavy atom. The van der Waals surface area contributed by atoms with Gasteiger partial charge in [0.15, 0.2) is 55.6 Å². The summed E-state index contributed by atoms with van der Waals surface area (Å²) in [5, 5.41) is 53.8. The number of carbonyl (C=O) groups is 5. The molecule has 10 N–H and O–H groups in total. The first-order valence-electron chi connectivity index (χ1n) is 37.5.